The van der Waals surface area contributed by atoms with E-state index in [1.165, 1.54) is 11.3 Å². The van der Waals surface area contributed by atoms with Crippen molar-refractivity contribution in [2.24, 2.45) is 0 Å². The molecule has 0 bridgehead atoms. The molecule has 0 saturated carbocycles. The van der Waals surface area contributed by atoms with Crippen LogP contribution in [-0.4, -0.2) is 83.7 Å². The molecule has 1 saturated heterocycles. The zero-order valence-electron chi connectivity index (χ0n) is 20.5. The van der Waals surface area contributed by atoms with Gasteiger partial charge in [0, 0.05) is 50.2 Å². The van der Waals surface area contributed by atoms with Crippen LogP contribution in [0.15, 0.2) is 42.7 Å². The van der Waals surface area contributed by atoms with Gasteiger partial charge in [-0.3, -0.25) is 15.3 Å². The van der Waals surface area contributed by atoms with Crippen LogP contribution in [0.3, 0.4) is 0 Å². The number of carbonyl (C=O) groups is 2. The predicted molar refractivity (Wildman–Crippen MR) is 142 cm³/mol. The summed E-state index contributed by atoms with van der Waals surface area (Å²) >= 11 is 1.22. The number of aromatic nitrogens is 4. The number of nitrogens with one attached hydrogen (secondary N) is 4. The van der Waals surface area contributed by atoms with E-state index in [2.05, 4.69) is 41.0 Å². The fraction of sp³-hybridized carbons (Fsp3) is 0.292. The first kappa shape index (κ1) is 25.4. The van der Waals surface area contributed by atoms with E-state index in [1.807, 2.05) is 0 Å². The summed E-state index contributed by atoms with van der Waals surface area (Å²) in [5.74, 6) is 0.935. The number of fused-ring (bicyclic) bond motifs is 1. The average molecular weight is 539 g/mol. The van der Waals surface area contributed by atoms with Crippen LogP contribution in [0, 0.1) is 0 Å². The number of ether oxygens (including phenoxy) is 3. The van der Waals surface area contributed by atoms with Gasteiger partial charge in [-0.05, 0) is 12.1 Å². The van der Waals surface area contributed by atoms with E-state index in [4.69, 9.17) is 14.2 Å². The van der Waals surface area contributed by atoms with Gasteiger partial charge >= 0.3 is 12.1 Å². The van der Waals surface area contributed by atoms with E-state index in [0.29, 0.717) is 70.2 Å². The van der Waals surface area contributed by atoms with Gasteiger partial charge in [0.05, 0.1) is 42.5 Å². The Morgan fingerprint density at radius 1 is 1.18 bits per heavy atom. The van der Waals surface area contributed by atoms with Gasteiger partial charge in [-0.1, -0.05) is 17.4 Å². The summed E-state index contributed by atoms with van der Waals surface area (Å²) in [6.45, 7) is 4.24. The molecule has 0 atom stereocenters. The molecule has 4 heterocycles. The number of H-pyrrole nitrogens is 1. The average Bonchev–Trinajstić information content (AvgIpc) is 3.59. The molecule has 0 spiro atoms. The molecule has 5 rings (SSSR count). The Bertz CT molecular complexity index is 1420. The number of morpholine rings is 1. The van der Waals surface area contributed by atoms with Crippen LogP contribution in [0.5, 0.6) is 11.5 Å². The number of thiazole rings is 1. The topological polar surface area (TPSA) is 156 Å². The van der Waals surface area contributed by atoms with Gasteiger partial charge in [0.15, 0.2) is 10.8 Å². The lowest BCUT2D eigenvalue weighted by atomic mass is 10.2. The maximum absolute atomic E-state index is 12.5. The zero-order valence-corrected chi connectivity index (χ0v) is 21.3. The number of pyridine rings is 1. The second-order valence-corrected chi connectivity index (χ2v) is 9.28. The van der Waals surface area contributed by atoms with E-state index in [1.54, 1.807) is 49.8 Å². The van der Waals surface area contributed by atoms with E-state index in [0.717, 1.165) is 13.1 Å². The van der Waals surface area contributed by atoms with Gasteiger partial charge in [0.25, 0.3) is 0 Å². The van der Waals surface area contributed by atoms with Crippen LogP contribution >= 0.6 is 11.3 Å². The van der Waals surface area contributed by atoms with Crippen LogP contribution in [0.1, 0.15) is 0 Å². The van der Waals surface area contributed by atoms with E-state index in [9.17, 15) is 9.59 Å². The Labute approximate surface area is 221 Å². The first-order valence-corrected chi connectivity index (χ1v) is 12.7. The number of carbonyl (C=O) groups excluding carboxylic acids is 2. The van der Waals surface area contributed by atoms with Crippen molar-refractivity contribution in [1.82, 2.24) is 30.4 Å². The molecule has 1 fully saturated rings. The molecule has 13 nitrogen and oxygen atoms in total. The Kier molecular flexibility index (Phi) is 7.92. The Morgan fingerprint density at radius 2 is 2.05 bits per heavy atom. The molecule has 4 N–H and O–H groups in total. The summed E-state index contributed by atoms with van der Waals surface area (Å²) in [4.78, 5) is 36.6. The van der Waals surface area contributed by atoms with Crippen LogP contribution in [0.2, 0.25) is 0 Å². The summed E-state index contributed by atoms with van der Waals surface area (Å²) in [5.41, 5.74) is 1.55. The number of benzene rings is 1. The molecule has 4 aromatic rings. The zero-order chi connectivity index (χ0) is 26.3. The van der Waals surface area contributed by atoms with Crippen molar-refractivity contribution in [3.63, 3.8) is 0 Å². The van der Waals surface area contributed by atoms with Crippen LogP contribution in [-0.2, 0) is 4.74 Å². The Balaban J connectivity index is 1.23. The van der Waals surface area contributed by atoms with Crippen molar-refractivity contribution in [1.29, 1.82) is 0 Å². The largest absolute Gasteiger partial charge is 0.497 e. The number of methoxy groups -OCH3 is 1. The summed E-state index contributed by atoms with van der Waals surface area (Å²) in [6.07, 6.45) is 2.56. The number of urea groups is 1. The normalized spacial score (nSPS) is 13.7. The standard InChI is InChI=1S/C24H26N8O5S/c1-35-16-4-2-3-15(11-16)28-22(33)30-23-26-14-20(38-23)18-12-19(17-13-27-31-21(17)29-18)37-24(34)25-5-6-32-7-9-36-10-8-32/h2-4,11-14H,5-10H2,1H3,(H,25,34)(H,27,29,31)(H2,26,28,30,33). The third kappa shape index (κ3) is 6.34. The number of anilines is 2. The molecule has 1 aliphatic heterocycles. The first-order chi connectivity index (χ1) is 18.6. The molecule has 14 heteroatoms. The molecule has 0 radical (unpaired) electrons. The first-order valence-electron chi connectivity index (χ1n) is 11.9. The second-order valence-electron chi connectivity index (χ2n) is 8.25. The van der Waals surface area contributed by atoms with Gasteiger partial charge in [0.2, 0.25) is 0 Å². The lowest BCUT2D eigenvalue weighted by Gasteiger charge is -2.26. The number of hydrogen-bond donors (Lipinski definition) is 4. The summed E-state index contributed by atoms with van der Waals surface area (Å²) in [5, 5.41) is 16.0. The highest BCUT2D eigenvalue weighted by Crippen LogP contribution is 2.33. The van der Waals surface area contributed by atoms with E-state index >= 15 is 0 Å². The van der Waals surface area contributed by atoms with Crippen LogP contribution in [0.4, 0.5) is 20.4 Å². The Morgan fingerprint density at radius 3 is 2.89 bits per heavy atom. The molecule has 1 aromatic carbocycles. The predicted octanol–water partition coefficient (Wildman–Crippen LogP) is 3.15. The number of aromatic amines is 1. The molecule has 38 heavy (non-hydrogen) atoms. The minimum Gasteiger partial charge on any atom is -0.497 e. The quantitative estimate of drug-likeness (QED) is 0.265. The molecule has 3 aromatic heterocycles. The number of amides is 3. The summed E-state index contributed by atoms with van der Waals surface area (Å²) in [6, 6.07) is 8.21. The van der Waals surface area contributed by atoms with Crippen molar-refractivity contribution in [2.45, 2.75) is 0 Å². The van der Waals surface area contributed by atoms with Gasteiger partial charge in [-0.2, -0.15) is 5.10 Å². The maximum Gasteiger partial charge on any atom is 0.412 e. The summed E-state index contributed by atoms with van der Waals surface area (Å²) < 4.78 is 16.1. The summed E-state index contributed by atoms with van der Waals surface area (Å²) in [7, 11) is 1.56. The smallest absolute Gasteiger partial charge is 0.412 e. The second kappa shape index (κ2) is 11.9. The number of rotatable bonds is 8. The molecule has 0 aliphatic carbocycles. The lowest BCUT2D eigenvalue weighted by Crippen LogP contribution is -2.41. The van der Waals surface area contributed by atoms with E-state index < -0.39 is 12.1 Å². The fourth-order valence-corrected chi connectivity index (χ4v) is 4.57. The van der Waals surface area contributed by atoms with E-state index in [-0.39, 0.29) is 0 Å². The highest BCUT2D eigenvalue weighted by molar-refractivity contribution is 7.19. The highest BCUT2D eigenvalue weighted by Gasteiger charge is 2.17. The minimum absolute atomic E-state index is 0.307. The minimum atomic E-state index is -0.571. The van der Waals surface area contributed by atoms with Crippen molar-refractivity contribution in [3.8, 4) is 22.1 Å². The third-order valence-corrected chi connectivity index (χ3v) is 6.63. The van der Waals surface area contributed by atoms with Gasteiger partial charge in [-0.15, -0.1) is 0 Å². The number of nitrogens with zero attached hydrogens (tertiary/aromatic N) is 4. The van der Waals surface area contributed by atoms with Crippen molar-refractivity contribution in [3.05, 3.63) is 42.7 Å². The molecule has 3 amide bonds. The third-order valence-electron chi connectivity index (χ3n) is 5.69. The van der Waals surface area contributed by atoms with Gasteiger partial charge in [-0.25, -0.2) is 19.6 Å². The van der Waals surface area contributed by atoms with Crippen molar-refractivity contribution < 1.29 is 23.8 Å². The Hall–Kier alpha value is -4.27. The molecular formula is C24H26N8O5S. The van der Waals surface area contributed by atoms with Crippen molar-refractivity contribution >= 4 is 45.3 Å². The molecule has 1 aliphatic rings. The van der Waals surface area contributed by atoms with Crippen LogP contribution < -0.4 is 25.4 Å². The monoisotopic (exact) mass is 538 g/mol. The molecular weight excluding hydrogens is 512 g/mol. The number of hydrogen-bond acceptors (Lipinski definition) is 10. The highest BCUT2D eigenvalue weighted by atomic mass is 32.1. The van der Waals surface area contributed by atoms with Gasteiger partial charge < -0.3 is 24.8 Å². The van der Waals surface area contributed by atoms with Crippen molar-refractivity contribution in [2.75, 3.05) is 57.1 Å². The van der Waals surface area contributed by atoms with Gasteiger partial charge in [0.1, 0.15) is 11.5 Å². The lowest BCUT2D eigenvalue weighted by molar-refractivity contribution is 0.0385. The maximum atomic E-state index is 12.5. The SMILES string of the molecule is COc1cccc(NC(=O)Nc2ncc(-c3cc(OC(=O)NCCN4CCOCC4)c4cn[nH]c4n3)s2)c1. The molecule has 0 unspecified atom stereocenters. The fourth-order valence-electron chi connectivity index (χ4n) is 3.80. The molecule has 198 valence electrons. The van der Waals surface area contributed by atoms with Crippen LogP contribution in [0.25, 0.3) is 21.6 Å².